The van der Waals surface area contributed by atoms with Crippen LogP contribution in [0.5, 0.6) is 5.75 Å². The summed E-state index contributed by atoms with van der Waals surface area (Å²) in [5.74, 6) is 0.894. The van der Waals surface area contributed by atoms with Crippen LogP contribution in [-0.2, 0) is 13.7 Å². The van der Waals surface area contributed by atoms with Gasteiger partial charge in [-0.1, -0.05) is 12.1 Å². The van der Waals surface area contributed by atoms with E-state index in [-0.39, 0.29) is 0 Å². The van der Waals surface area contributed by atoms with Gasteiger partial charge in [0.25, 0.3) is 0 Å². The number of nitrogens with two attached hydrogens (primary N) is 1. The highest BCUT2D eigenvalue weighted by Crippen LogP contribution is 2.24. The van der Waals surface area contributed by atoms with Crippen LogP contribution < -0.4 is 10.5 Å². The molecule has 2 N–H and O–H groups in total. The maximum absolute atomic E-state index is 5.88. The molecule has 0 amide bonds. The summed E-state index contributed by atoms with van der Waals surface area (Å²) in [5, 5.41) is 1.15. The first kappa shape index (κ1) is 12.6. The van der Waals surface area contributed by atoms with E-state index in [0.29, 0.717) is 6.61 Å². The molecule has 0 aliphatic rings. The normalized spacial score (nSPS) is 10.9. The molecule has 0 saturated heterocycles. The molecule has 3 heteroatoms. The molecule has 0 atom stereocenters. The Hall–Kier alpha value is -2.42. The van der Waals surface area contributed by atoms with E-state index in [4.69, 9.17) is 10.5 Å². The molecule has 20 heavy (non-hydrogen) atoms. The molecule has 0 radical (unpaired) electrons. The molecule has 3 nitrogen and oxygen atoms in total. The van der Waals surface area contributed by atoms with Crippen molar-refractivity contribution in [1.82, 2.24) is 4.57 Å². The van der Waals surface area contributed by atoms with Crippen LogP contribution in [0.15, 0.2) is 48.7 Å². The number of nitrogens with zero attached hydrogens (tertiary/aromatic N) is 1. The number of nitrogen functional groups attached to an aromatic ring is 1. The summed E-state index contributed by atoms with van der Waals surface area (Å²) < 4.78 is 7.98. The molecule has 102 valence electrons. The zero-order valence-electron chi connectivity index (χ0n) is 11.8. The molecule has 0 aliphatic carbocycles. The van der Waals surface area contributed by atoms with Crippen molar-refractivity contribution < 1.29 is 4.74 Å². The lowest BCUT2D eigenvalue weighted by Gasteiger charge is -2.06. The van der Waals surface area contributed by atoms with E-state index in [1.54, 1.807) is 0 Å². The first-order valence-electron chi connectivity index (χ1n) is 6.66. The lowest BCUT2D eigenvalue weighted by Crippen LogP contribution is -1.95. The van der Waals surface area contributed by atoms with Gasteiger partial charge < -0.3 is 15.0 Å². The minimum atomic E-state index is 0.546. The van der Waals surface area contributed by atoms with Crippen LogP contribution in [-0.4, -0.2) is 4.57 Å². The largest absolute Gasteiger partial charge is 0.489 e. The number of anilines is 1. The average molecular weight is 266 g/mol. The van der Waals surface area contributed by atoms with Crippen molar-refractivity contribution in [2.45, 2.75) is 13.5 Å². The minimum absolute atomic E-state index is 0.546. The van der Waals surface area contributed by atoms with Crippen molar-refractivity contribution in [3.05, 3.63) is 59.8 Å². The van der Waals surface area contributed by atoms with Crippen molar-refractivity contribution in [2.24, 2.45) is 7.05 Å². The predicted molar refractivity (Wildman–Crippen MR) is 82.8 cm³/mol. The second kappa shape index (κ2) is 4.93. The fourth-order valence-electron chi connectivity index (χ4n) is 2.47. The second-order valence-corrected chi connectivity index (χ2v) is 5.15. The lowest BCUT2D eigenvalue weighted by atomic mass is 10.1. The predicted octanol–water partition coefficient (Wildman–Crippen LogP) is 3.65. The van der Waals surface area contributed by atoms with E-state index in [1.807, 2.05) is 43.4 Å². The maximum atomic E-state index is 5.88. The zero-order chi connectivity index (χ0) is 14.1. The van der Waals surface area contributed by atoms with Crippen LogP contribution in [0.2, 0.25) is 0 Å². The van der Waals surface area contributed by atoms with Crippen LogP contribution in [0.4, 0.5) is 5.69 Å². The van der Waals surface area contributed by atoms with E-state index >= 15 is 0 Å². The van der Waals surface area contributed by atoms with E-state index < -0.39 is 0 Å². The lowest BCUT2D eigenvalue weighted by molar-refractivity contribution is 0.307. The Labute approximate surface area is 118 Å². The van der Waals surface area contributed by atoms with Gasteiger partial charge in [-0.3, -0.25) is 0 Å². The Kier molecular flexibility index (Phi) is 3.11. The Morgan fingerprint density at radius 1 is 1.15 bits per heavy atom. The smallest absolute Gasteiger partial charge is 0.120 e. The Morgan fingerprint density at radius 2 is 2.00 bits per heavy atom. The van der Waals surface area contributed by atoms with Crippen LogP contribution in [0.1, 0.15) is 11.1 Å². The molecule has 0 fully saturated rings. The Bertz CT molecular complexity index is 759. The van der Waals surface area contributed by atoms with E-state index in [9.17, 15) is 0 Å². The number of benzene rings is 2. The molecule has 3 aromatic rings. The SMILES string of the molecule is Cc1cccc(OCc2cn(C)c3ccc(N)cc23)c1. The third kappa shape index (κ3) is 2.35. The number of hydrogen-bond donors (Lipinski definition) is 1. The first-order valence-corrected chi connectivity index (χ1v) is 6.66. The molecule has 0 saturated carbocycles. The van der Waals surface area contributed by atoms with Gasteiger partial charge in [-0.25, -0.2) is 0 Å². The number of aromatic nitrogens is 1. The number of fused-ring (bicyclic) bond motifs is 1. The quantitative estimate of drug-likeness (QED) is 0.735. The van der Waals surface area contributed by atoms with Crippen molar-refractivity contribution in [2.75, 3.05) is 5.73 Å². The number of aryl methyl sites for hydroxylation is 2. The van der Waals surface area contributed by atoms with Gasteiger partial charge in [0, 0.05) is 35.4 Å². The summed E-state index contributed by atoms with van der Waals surface area (Å²) >= 11 is 0. The summed E-state index contributed by atoms with van der Waals surface area (Å²) in [5.41, 5.74) is 10.2. The zero-order valence-corrected chi connectivity index (χ0v) is 11.8. The van der Waals surface area contributed by atoms with Crippen LogP contribution in [0.3, 0.4) is 0 Å². The number of rotatable bonds is 3. The summed E-state index contributed by atoms with van der Waals surface area (Å²) in [6.45, 7) is 2.61. The van der Waals surface area contributed by atoms with Gasteiger partial charge in [0.05, 0.1) is 0 Å². The maximum Gasteiger partial charge on any atom is 0.120 e. The van der Waals surface area contributed by atoms with Gasteiger partial charge >= 0.3 is 0 Å². The molecule has 1 aromatic heterocycles. The summed E-state index contributed by atoms with van der Waals surface area (Å²) in [6, 6.07) is 14.1. The van der Waals surface area contributed by atoms with Crippen LogP contribution in [0, 0.1) is 6.92 Å². The molecule has 3 rings (SSSR count). The molecular weight excluding hydrogens is 248 g/mol. The van der Waals surface area contributed by atoms with Gasteiger partial charge in [0.2, 0.25) is 0 Å². The standard InChI is InChI=1S/C17H18N2O/c1-12-4-3-5-15(8-12)20-11-13-10-19(2)17-7-6-14(18)9-16(13)17/h3-10H,11,18H2,1-2H3. The van der Waals surface area contributed by atoms with E-state index in [2.05, 4.69) is 23.8 Å². The molecule has 1 heterocycles. The van der Waals surface area contributed by atoms with E-state index in [1.165, 1.54) is 11.1 Å². The van der Waals surface area contributed by atoms with Gasteiger partial charge in [-0.15, -0.1) is 0 Å². The van der Waals surface area contributed by atoms with Crippen LogP contribution >= 0.6 is 0 Å². The van der Waals surface area contributed by atoms with Crippen molar-refractivity contribution in [1.29, 1.82) is 0 Å². The second-order valence-electron chi connectivity index (χ2n) is 5.15. The highest BCUT2D eigenvalue weighted by atomic mass is 16.5. The molecule has 2 aromatic carbocycles. The van der Waals surface area contributed by atoms with E-state index in [0.717, 1.165) is 22.4 Å². The van der Waals surface area contributed by atoms with Gasteiger partial charge in [-0.05, 0) is 42.8 Å². The summed E-state index contributed by atoms with van der Waals surface area (Å²) in [7, 11) is 2.04. The molecule has 0 bridgehead atoms. The Morgan fingerprint density at radius 3 is 2.80 bits per heavy atom. The van der Waals surface area contributed by atoms with Gasteiger partial charge in [0.1, 0.15) is 12.4 Å². The van der Waals surface area contributed by atoms with Crippen molar-refractivity contribution >= 4 is 16.6 Å². The van der Waals surface area contributed by atoms with Gasteiger partial charge in [-0.2, -0.15) is 0 Å². The summed E-state index contributed by atoms with van der Waals surface area (Å²) in [6.07, 6.45) is 2.10. The molecule has 0 aliphatic heterocycles. The molecule has 0 unspecified atom stereocenters. The first-order chi connectivity index (χ1) is 9.63. The monoisotopic (exact) mass is 266 g/mol. The van der Waals surface area contributed by atoms with Crippen LogP contribution in [0.25, 0.3) is 10.9 Å². The summed E-state index contributed by atoms with van der Waals surface area (Å²) in [4.78, 5) is 0. The number of hydrogen-bond acceptors (Lipinski definition) is 2. The van der Waals surface area contributed by atoms with Gasteiger partial charge in [0.15, 0.2) is 0 Å². The number of ether oxygens (including phenoxy) is 1. The van der Waals surface area contributed by atoms with Crippen molar-refractivity contribution in [3.63, 3.8) is 0 Å². The minimum Gasteiger partial charge on any atom is -0.489 e. The topological polar surface area (TPSA) is 40.2 Å². The fraction of sp³-hybridized carbons (Fsp3) is 0.176. The molecular formula is C17H18N2O. The highest BCUT2D eigenvalue weighted by molar-refractivity contribution is 5.86. The highest BCUT2D eigenvalue weighted by Gasteiger charge is 2.07. The molecule has 0 spiro atoms. The third-order valence-corrected chi connectivity index (χ3v) is 3.48. The average Bonchev–Trinajstić information content (AvgIpc) is 2.73. The third-order valence-electron chi connectivity index (χ3n) is 3.48. The fourth-order valence-corrected chi connectivity index (χ4v) is 2.47. The van der Waals surface area contributed by atoms with Crippen molar-refractivity contribution in [3.8, 4) is 5.75 Å². The Balaban J connectivity index is 1.89.